The molecule has 2 rings (SSSR count). The highest BCUT2D eigenvalue weighted by molar-refractivity contribution is 5.33. The minimum atomic E-state index is -0.970. The summed E-state index contributed by atoms with van der Waals surface area (Å²) in [5.41, 5.74) is 0.923. The fourth-order valence-corrected chi connectivity index (χ4v) is 1.83. The average molecular weight is 261 g/mol. The Hall–Kier alpha value is -2.27. The minimum Gasteiger partial charge on any atom is -0.388 e. The molecule has 0 fully saturated rings. The number of aliphatic hydroxyl groups excluding tert-OH is 1. The summed E-state index contributed by atoms with van der Waals surface area (Å²) in [6.07, 6.45) is -0.762. The summed E-state index contributed by atoms with van der Waals surface area (Å²) in [5.74, 6) is -0.461. The quantitative estimate of drug-likeness (QED) is 0.679. The van der Waals surface area contributed by atoms with E-state index >= 15 is 0 Å². The van der Waals surface area contributed by atoms with Gasteiger partial charge in [0.25, 0.3) is 5.69 Å². The molecule has 2 aromatic carbocycles. The highest BCUT2D eigenvalue weighted by atomic mass is 19.1. The summed E-state index contributed by atoms with van der Waals surface area (Å²) in [6.45, 7) is 0. The van der Waals surface area contributed by atoms with E-state index in [0.717, 1.165) is 0 Å². The number of halogens is 1. The van der Waals surface area contributed by atoms with Gasteiger partial charge < -0.3 is 5.11 Å². The summed E-state index contributed by atoms with van der Waals surface area (Å²) < 4.78 is 13.5. The lowest BCUT2D eigenvalue weighted by molar-refractivity contribution is -0.384. The molecule has 0 aliphatic heterocycles. The summed E-state index contributed by atoms with van der Waals surface area (Å²) in [5, 5.41) is 20.5. The third-order valence-electron chi connectivity index (χ3n) is 2.84. The van der Waals surface area contributed by atoms with Crippen LogP contribution in [-0.2, 0) is 6.42 Å². The maximum Gasteiger partial charge on any atom is 0.269 e. The molecule has 0 aromatic heterocycles. The molecule has 5 heteroatoms. The van der Waals surface area contributed by atoms with Crippen LogP contribution in [0.3, 0.4) is 0 Å². The lowest BCUT2D eigenvalue weighted by Gasteiger charge is -2.11. The molecule has 0 aliphatic carbocycles. The Morgan fingerprint density at radius 2 is 1.79 bits per heavy atom. The largest absolute Gasteiger partial charge is 0.388 e. The van der Waals surface area contributed by atoms with E-state index in [9.17, 15) is 19.6 Å². The molecule has 2 aromatic rings. The standard InChI is InChI=1S/C14H12FNO3/c15-13-4-2-1-3-12(13)14(17)9-10-5-7-11(8-6-10)16(18)19/h1-8,14,17H,9H2. The van der Waals surface area contributed by atoms with E-state index in [2.05, 4.69) is 0 Å². The van der Waals surface area contributed by atoms with E-state index in [1.165, 1.54) is 24.3 Å². The van der Waals surface area contributed by atoms with E-state index in [0.29, 0.717) is 5.56 Å². The Morgan fingerprint density at radius 1 is 1.16 bits per heavy atom. The predicted molar refractivity (Wildman–Crippen MR) is 68.2 cm³/mol. The molecule has 0 saturated carbocycles. The number of nitro benzene ring substituents is 1. The smallest absolute Gasteiger partial charge is 0.269 e. The van der Waals surface area contributed by atoms with Gasteiger partial charge in [0, 0.05) is 24.1 Å². The number of hydrogen-bond donors (Lipinski definition) is 1. The van der Waals surface area contributed by atoms with Crippen LogP contribution >= 0.6 is 0 Å². The predicted octanol–water partition coefficient (Wildman–Crippen LogP) is 3.01. The number of aliphatic hydroxyl groups is 1. The molecule has 0 heterocycles. The van der Waals surface area contributed by atoms with Crippen molar-refractivity contribution in [3.63, 3.8) is 0 Å². The van der Waals surface area contributed by atoms with Crippen molar-refractivity contribution in [2.45, 2.75) is 12.5 Å². The first kappa shape index (κ1) is 13.2. The third-order valence-corrected chi connectivity index (χ3v) is 2.84. The highest BCUT2D eigenvalue weighted by Gasteiger charge is 2.13. The molecule has 0 bridgehead atoms. The highest BCUT2D eigenvalue weighted by Crippen LogP contribution is 2.22. The van der Waals surface area contributed by atoms with Gasteiger partial charge in [0.1, 0.15) is 5.82 Å². The molecule has 1 unspecified atom stereocenters. The summed E-state index contributed by atoms with van der Waals surface area (Å²) >= 11 is 0. The molecular weight excluding hydrogens is 249 g/mol. The van der Waals surface area contributed by atoms with Crippen LogP contribution in [0.5, 0.6) is 0 Å². The van der Waals surface area contributed by atoms with E-state index in [4.69, 9.17) is 0 Å². The fraction of sp³-hybridized carbons (Fsp3) is 0.143. The Balaban J connectivity index is 2.13. The first-order valence-electron chi connectivity index (χ1n) is 5.74. The number of benzene rings is 2. The molecule has 0 amide bonds. The maximum atomic E-state index is 13.5. The van der Waals surface area contributed by atoms with Crippen molar-refractivity contribution < 1.29 is 14.4 Å². The number of nitrogens with zero attached hydrogens (tertiary/aromatic N) is 1. The number of rotatable bonds is 4. The van der Waals surface area contributed by atoms with Crippen molar-refractivity contribution in [1.82, 2.24) is 0 Å². The molecule has 4 nitrogen and oxygen atoms in total. The van der Waals surface area contributed by atoms with Crippen LogP contribution in [-0.4, -0.2) is 10.0 Å². The molecule has 0 spiro atoms. The maximum absolute atomic E-state index is 13.5. The van der Waals surface area contributed by atoms with Gasteiger partial charge in [-0.3, -0.25) is 10.1 Å². The van der Waals surface area contributed by atoms with Crippen LogP contribution in [0.25, 0.3) is 0 Å². The first-order chi connectivity index (χ1) is 9.08. The van der Waals surface area contributed by atoms with Crippen LogP contribution in [0.4, 0.5) is 10.1 Å². The van der Waals surface area contributed by atoms with Gasteiger partial charge in [0.05, 0.1) is 11.0 Å². The van der Waals surface area contributed by atoms with Gasteiger partial charge in [0.15, 0.2) is 0 Å². The van der Waals surface area contributed by atoms with Gasteiger partial charge >= 0.3 is 0 Å². The molecular formula is C14H12FNO3. The van der Waals surface area contributed by atoms with Crippen LogP contribution in [0.15, 0.2) is 48.5 Å². The molecule has 1 atom stereocenters. The Labute approximate surface area is 109 Å². The lowest BCUT2D eigenvalue weighted by atomic mass is 10.0. The lowest BCUT2D eigenvalue weighted by Crippen LogP contribution is -2.04. The van der Waals surface area contributed by atoms with Crippen LogP contribution in [0, 0.1) is 15.9 Å². The van der Waals surface area contributed by atoms with Gasteiger partial charge in [0.2, 0.25) is 0 Å². The van der Waals surface area contributed by atoms with Crippen molar-refractivity contribution in [2.24, 2.45) is 0 Å². The van der Waals surface area contributed by atoms with Crippen molar-refractivity contribution in [3.8, 4) is 0 Å². The van der Waals surface area contributed by atoms with Crippen molar-refractivity contribution in [1.29, 1.82) is 0 Å². The van der Waals surface area contributed by atoms with Crippen molar-refractivity contribution in [3.05, 3.63) is 75.6 Å². The summed E-state index contributed by atoms with van der Waals surface area (Å²) in [7, 11) is 0. The number of nitro groups is 1. The van der Waals surface area contributed by atoms with Gasteiger partial charge in [-0.2, -0.15) is 0 Å². The number of hydrogen-bond acceptors (Lipinski definition) is 3. The molecule has 98 valence electrons. The average Bonchev–Trinajstić information content (AvgIpc) is 2.39. The zero-order valence-corrected chi connectivity index (χ0v) is 9.99. The Morgan fingerprint density at radius 3 is 2.37 bits per heavy atom. The normalized spacial score (nSPS) is 12.1. The first-order valence-corrected chi connectivity index (χ1v) is 5.74. The topological polar surface area (TPSA) is 63.4 Å². The van der Waals surface area contributed by atoms with E-state index in [-0.39, 0.29) is 17.7 Å². The molecule has 0 aliphatic rings. The second-order valence-electron chi connectivity index (χ2n) is 4.16. The molecule has 0 radical (unpaired) electrons. The van der Waals surface area contributed by atoms with Crippen LogP contribution in [0.1, 0.15) is 17.2 Å². The monoisotopic (exact) mass is 261 g/mol. The summed E-state index contributed by atoms with van der Waals surface area (Å²) in [4.78, 5) is 10.0. The second-order valence-corrected chi connectivity index (χ2v) is 4.16. The van der Waals surface area contributed by atoms with Crippen molar-refractivity contribution >= 4 is 5.69 Å². The SMILES string of the molecule is O=[N+]([O-])c1ccc(CC(O)c2ccccc2F)cc1. The Bertz CT molecular complexity index is 583. The molecule has 0 saturated heterocycles. The third kappa shape index (κ3) is 3.14. The summed E-state index contributed by atoms with van der Waals surface area (Å²) in [6, 6.07) is 11.9. The van der Waals surface area contributed by atoms with E-state index < -0.39 is 16.8 Å². The van der Waals surface area contributed by atoms with Crippen molar-refractivity contribution in [2.75, 3.05) is 0 Å². The van der Waals surface area contributed by atoms with Crippen LogP contribution < -0.4 is 0 Å². The molecule has 19 heavy (non-hydrogen) atoms. The molecule has 1 N–H and O–H groups in total. The van der Waals surface area contributed by atoms with E-state index in [1.807, 2.05) is 0 Å². The zero-order chi connectivity index (χ0) is 13.8. The number of non-ortho nitro benzene ring substituents is 1. The fourth-order valence-electron chi connectivity index (χ4n) is 1.83. The minimum absolute atomic E-state index is 0.0101. The van der Waals surface area contributed by atoms with Crippen LogP contribution in [0.2, 0.25) is 0 Å². The van der Waals surface area contributed by atoms with Gasteiger partial charge in [-0.1, -0.05) is 30.3 Å². The van der Waals surface area contributed by atoms with Gasteiger partial charge in [-0.15, -0.1) is 0 Å². The van der Waals surface area contributed by atoms with Gasteiger partial charge in [-0.05, 0) is 11.6 Å². The zero-order valence-electron chi connectivity index (χ0n) is 9.99. The van der Waals surface area contributed by atoms with Gasteiger partial charge in [-0.25, -0.2) is 4.39 Å². The second kappa shape index (κ2) is 5.58. The van der Waals surface area contributed by atoms with E-state index in [1.54, 1.807) is 24.3 Å². The Kier molecular flexibility index (Phi) is 3.87.